The molecule has 0 aliphatic rings. The van der Waals surface area contributed by atoms with Crippen LogP contribution in [0.15, 0.2) is 51.7 Å². The molecular formula is C15H13ClN2O2. The number of hydrogen-bond acceptors (Lipinski definition) is 3. The maximum absolute atomic E-state index is 11.1. The van der Waals surface area contributed by atoms with E-state index in [1.54, 1.807) is 12.1 Å². The summed E-state index contributed by atoms with van der Waals surface area (Å²) in [6, 6.07) is 12.9. The first kappa shape index (κ1) is 13.0. The van der Waals surface area contributed by atoms with Crippen molar-refractivity contribution in [3.63, 3.8) is 0 Å². The molecule has 1 heterocycles. The van der Waals surface area contributed by atoms with E-state index in [0.717, 1.165) is 11.1 Å². The Bertz CT molecular complexity index is 807. The Hall–Kier alpha value is -2.04. The molecular weight excluding hydrogens is 276 g/mol. The summed E-state index contributed by atoms with van der Waals surface area (Å²) in [6.45, 7) is 0. The van der Waals surface area contributed by atoms with Crippen LogP contribution >= 0.6 is 11.6 Å². The van der Waals surface area contributed by atoms with Crippen molar-refractivity contribution < 1.29 is 4.42 Å². The van der Waals surface area contributed by atoms with Gasteiger partial charge in [-0.1, -0.05) is 29.8 Å². The van der Waals surface area contributed by atoms with Crippen molar-refractivity contribution in [2.24, 2.45) is 5.73 Å². The van der Waals surface area contributed by atoms with Crippen LogP contribution in [0, 0.1) is 0 Å². The zero-order chi connectivity index (χ0) is 14.1. The average molecular weight is 289 g/mol. The molecule has 0 aliphatic carbocycles. The fourth-order valence-corrected chi connectivity index (χ4v) is 2.44. The van der Waals surface area contributed by atoms with Crippen LogP contribution in [0.4, 0.5) is 0 Å². The minimum absolute atomic E-state index is 0.182. The number of aromatic nitrogens is 1. The second kappa shape index (κ2) is 5.15. The van der Waals surface area contributed by atoms with Crippen LogP contribution < -0.4 is 11.5 Å². The number of nitrogens with one attached hydrogen (secondary N) is 1. The number of halogens is 1. The maximum Gasteiger partial charge on any atom is 0.417 e. The second-order valence-corrected chi connectivity index (χ2v) is 5.15. The van der Waals surface area contributed by atoms with Gasteiger partial charge in [-0.25, -0.2) is 4.79 Å². The van der Waals surface area contributed by atoms with Crippen molar-refractivity contribution in [2.75, 3.05) is 0 Å². The molecule has 3 N–H and O–H groups in total. The molecule has 1 atom stereocenters. The largest absolute Gasteiger partial charge is 0.417 e. The average Bonchev–Trinajstić information content (AvgIpc) is 2.77. The Morgan fingerprint density at radius 3 is 2.90 bits per heavy atom. The van der Waals surface area contributed by atoms with E-state index in [0.29, 0.717) is 22.5 Å². The van der Waals surface area contributed by atoms with E-state index in [1.807, 2.05) is 30.3 Å². The molecule has 0 saturated carbocycles. The number of benzene rings is 2. The standard InChI is InChI=1S/C15H13ClN2O2/c16-11-3-1-2-9(6-11)7-12(17)10-4-5-13-14(8-10)20-15(19)18-13/h1-6,8,12H,7,17H2,(H,18,19). The molecule has 0 saturated heterocycles. The van der Waals surface area contributed by atoms with Crippen molar-refractivity contribution in [2.45, 2.75) is 12.5 Å². The van der Waals surface area contributed by atoms with Crippen LogP contribution in [0.25, 0.3) is 11.1 Å². The molecule has 0 aliphatic heterocycles. The van der Waals surface area contributed by atoms with Gasteiger partial charge in [0.15, 0.2) is 5.58 Å². The molecule has 0 amide bonds. The molecule has 0 bridgehead atoms. The number of hydrogen-bond donors (Lipinski definition) is 2. The lowest BCUT2D eigenvalue weighted by atomic mass is 9.99. The third kappa shape index (κ3) is 2.61. The lowest BCUT2D eigenvalue weighted by Gasteiger charge is -2.12. The second-order valence-electron chi connectivity index (χ2n) is 4.71. The monoisotopic (exact) mass is 288 g/mol. The predicted molar refractivity (Wildman–Crippen MR) is 78.9 cm³/mol. The van der Waals surface area contributed by atoms with Crippen molar-refractivity contribution >= 4 is 22.7 Å². The highest BCUT2D eigenvalue weighted by atomic mass is 35.5. The van der Waals surface area contributed by atoms with Gasteiger partial charge in [0.2, 0.25) is 0 Å². The van der Waals surface area contributed by atoms with Crippen LogP contribution in [0.3, 0.4) is 0 Å². The maximum atomic E-state index is 11.1. The van der Waals surface area contributed by atoms with Crippen molar-refractivity contribution in [1.82, 2.24) is 4.98 Å². The number of H-pyrrole nitrogens is 1. The third-order valence-electron chi connectivity index (χ3n) is 3.22. The van der Waals surface area contributed by atoms with Gasteiger partial charge in [0.25, 0.3) is 0 Å². The van der Waals surface area contributed by atoms with Gasteiger partial charge >= 0.3 is 5.76 Å². The molecule has 20 heavy (non-hydrogen) atoms. The summed E-state index contributed by atoms with van der Waals surface area (Å²) in [6.07, 6.45) is 0.667. The molecule has 0 fully saturated rings. The quantitative estimate of drug-likeness (QED) is 0.778. The Kier molecular flexibility index (Phi) is 3.34. The van der Waals surface area contributed by atoms with Gasteiger partial charge in [-0.2, -0.15) is 0 Å². The van der Waals surface area contributed by atoms with Crippen LogP contribution in [0.5, 0.6) is 0 Å². The molecule has 5 heteroatoms. The highest BCUT2D eigenvalue weighted by Crippen LogP contribution is 2.21. The number of nitrogens with two attached hydrogens (primary N) is 1. The summed E-state index contributed by atoms with van der Waals surface area (Å²) in [4.78, 5) is 13.7. The Balaban J connectivity index is 1.88. The SMILES string of the molecule is NC(Cc1cccc(Cl)c1)c1ccc2[nH]c(=O)oc2c1. The number of fused-ring (bicyclic) bond motifs is 1. The number of aromatic amines is 1. The van der Waals surface area contributed by atoms with Crippen LogP contribution in [0.2, 0.25) is 5.02 Å². The fraction of sp³-hybridized carbons (Fsp3) is 0.133. The van der Waals surface area contributed by atoms with Crippen LogP contribution in [-0.4, -0.2) is 4.98 Å². The summed E-state index contributed by atoms with van der Waals surface area (Å²) in [5.41, 5.74) is 9.39. The number of oxazole rings is 1. The summed E-state index contributed by atoms with van der Waals surface area (Å²) < 4.78 is 5.04. The van der Waals surface area contributed by atoms with E-state index in [-0.39, 0.29) is 6.04 Å². The normalized spacial score (nSPS) is 12.7. The zero-order valence-corrected chi connectivity index (χ0v) is 11.4. The minimum Gasteiger partial charge on any atom is -0.408 e. The van der Waals surface area contributed by atoms with Gasteiger partial charge in [0.05, 0.1) is 5.52 Å². The molecule has 102 valence electrons. The summed E-state index contributed by atoms with van der Waals surface area (Å²) in [5, 5.41) is 0.696. The first-order valence-corrected chi connectivity index (χ1v) is 6.62. The Morgan fingerprint density at radius 2 is 2.10 bits per heavy atom. The highest BCUT2D eigenvalue weighted by molar-refractivity contribution is 6.30. The van der Waals surface area contributed by atoms with Crippen LogP contribution in [0.1, 0.15) is 17.2 Å². The van der Waals surface area contributed by atoms with E-state index >= 15 is 0 Å². The van der Waals surface area contributed by atoms with E-state index < -0.39 is 5.76 Å². The number of rotatable bonds is 3. The van der Waals surface area contributed by atoms with E-state index in [2.05, 4.69) is 4.98 Å². The van der Waals surface area contributed by atoms with Crippen molar-refractivity contribution in [1.29, 1.82) is 0 Å². The molecule has 2 aromatic carbocycles. The van der Waals surface area contributed by atoms with Gasteiger partial charge in [0.1, 0.15) is 0 Å². The lowest BCUT2D eigenvalue weighted by molar-refractivity contribution is 0.554. The predicted octanol–water partition coefficient (Wildman–Crippen LogP) is 3.02. The first-order chi connectivity index (χ1) is 9.61. The zero-order valence-electron chi connectivity index (χ0n) is 10.6. The Labute approximate surface area is 120 Å². The van der Waals surface area contributed by atoms with Gasteiger partial charge in [0, 0.05) is 11.1 Å². The van der Waals surface area contributed by atoms with Crippen LogP contribution in [-0.2, 0) is 6.42 Å². The third-order valence-corrected chi connectivity index (χ3v) is 3.45. The smallest absolute Gasteiger partial charge is 0.408 e. The summed E-state index contributed by atoms with van der Waals surface area (Å²) in [7, 11) is 0. The molecule has 0 radical (unpaired) electrons. The topological polar surface area (TPSA) is 72.0 Å². The molecule has 1 unspecified atom stereocenters. The van der Waals surface area contributed by atoms with Crippen molar-refractivity contribution in [3.8, 4) is 0 Å². The fourth-order valence-electron chi connectivity index (χ4n) is 2.23. The van der Waals surface area contributed by atoms with Gasteiger partial charge in [-0.15, -0.1) is 0 Å². The molecule has 3 rings (SSSR count). The Morgan fingerprint density at radius 1 is 1.25 bits per heavy atom. The summed E-state index contributed by atoms with van der Waals surface area (Å²) in [5.74, 6) is -0.458. The van der Waals surface area contributed by atoms with Gasteiger partial charge in [-0.05, 0) is 41.8 Å². The first-order valence-electron chi connectivity index (χ1n) is 6.24. The van der Waals surface area contributed by atoms with Gasteiger partial charge < -0.3 is 10.2 Å². The van der Waals surface area contributed by atoms with E-state index in [1.165, 1.54) is 0 Å². The molecule has 0 spiro atoms. The highest BCUT2D eigenvalue weighted by Gasteiger charge is 2.10. The summed E-state index contributed by atoms with van der Waals surface area (Å²) >= 11 is 5.96. The molecule has 3 aromatic rings. The minimum atomic E-state index is -0.458. The van der Waals surface area contributed by atoms with Gasteiger partial charge in [-0.3, -0.25) is 4.98 Å². The lowest BCUT2D eigenvalue weighted by Crippen LogP contribution is -2.13. The van der Waals surface area contributed by atoms with Crippen molar-refractivity contribution in [3.05, 3.63) is 69.2 Å². The molecule has 4 nitrogen and oxygen atoms in total. The molecule has 1 aromatic heterocycles. The van der Waals surface area contributed by atoms with E-state index in [9.17, 15) is 4.79 Å². The van der Waals surface area contributed by atoms with E-state index in [4.69, 9.17) is 21.8 Å².